The summed E-state index contributed by atoms with van der Waals surface area (Å²) < 4.78 is 65.1. The summed E-state index contributed by atoms with van der Waals surface area (Å²) in [5.74, 6) is -1.25. The highest BCUT2D eigenvalue weighted by molar-refractivity contribution is 5.47. The van der Waals surface area contributed by atoms with Crippen LogP contribution in [-0.4, -0.2) is 25.1 Å². The monoisotopic (exact) mass is 358 g/mol. The first-order chi connectivity index (χ1) is 11.7. The molecule has 1 aromatic heterocycles. The molecule has 2 aromatic rings. The Bertz CT molecular complexity index is 797. The van der Waals surface area contributed by atoms with Gasteiger partial charge >= 0.3 is 6.36 Å². The minimum absolute atomic E-state index is 0.237. The number of alkyl halides is 3. The maximum Gasteiger partial charge on any atom is 0.573 e. The number of methoxy groups -OCH3 is 1. The van der Waals surface area contributed by atoms with Crippen molar-refractivity contribution in [1.82, 2.24) is 4.98 Å². The molecule has 1 aliphatic rings. The Kier molecular flexibility index (Phi) is 4.19. The van der Waals surface area contributed by atoms with Crippen molar-refractivity contribution in [2.75, 3.05) is 13.7 Å². The molecular weight excluding hydrogens is 344 g/mol. The van der Waals surface area contributed by atoms with Gasteiger partial charge in [0, 0.05) is 12.5 Å². The normalized spacial score (nSPS) is 19.8. The standard InChI is InChI=1S/C16H14F4N2O3/c1-23-10-7-13-14(22-8-10)15(21,4-5-24-13)9-2-3-12(11(17)6-9)25-16(18,19)20/h2-3,6-8H,4-5,21H2,1H3. The number of hydrogen-bond acceptors (Lipinski definition) is 5. The van der Waals surface area contributed by atoms with Crippen LogP contribution >= 0.6 is 0 Å². The Balaban J connectivity index is 2.01. The Hall–Kier alpha value is -2.55. The molecule has 9 heteroatoms. The fourth-order valence-electron chi connectivity index (χ4n) is 2.69. The van der Waals surface area contributed by atoms with Gasteiger partial charge in [-0.15, -0.1) is 13.2 Å². The van der Waals surface area contributed by atoms with Gasteiger partial charge in [0.05, 0.1) is 25.5 Å². The number of rotatable bonds is 3. The lowest BCUT2D eigenvalue weighted by atomic mass is 9.82. The minimum atomic E-state index is -4.98. The summed E-state index contributed by atoms with van der Waals surface area (Å²) in [4.78, 5) is 4.22. The number of benzene rings is 1. The molecule has 0 fully saturated rings. The Morgan fingerprint density at radius 1 is 1.28 bits per heavy atom. The maximum absolute atomic E-state index is 14.0. The van der Waals surface area contributed by atoms with Gasteiger partial charge in [0.2, 0.25) is 0 Å². The molecule has 3 rings (SSSR count). The van der Waals surface area contributed by atoms with Crippen molar-refractivity contribution in [3.8, 4) is 17.2 Å². The molecule has 0 aliphatic carbocycles. The molecule has 1 atom stereocenters. The lowest BCUT2D eigenvalue weighted by Crippen LogP contribution is -2.43. The average Bonchev–Trinajstić information content (AvgIpc) is 2.55. The molecule has 0 saturated heterocycles. The van der Waals surface area contributed by atoms with Crippen molar-refractivity contribution in [2.45, 2.75) is 18.3 Å². The van der Waals surface area contributed by atoms with E-state index >= 15 is 0 Å². The van der Waals surface area contributed by atoms with Gasteiger partial charge in [-0.05, 0) is 17.7 Å². The Morgan fingerprint density at radius 2 is 2.04 bits per heavy atom. The van der Waals surface area contributed by atoms with E-state index < -0.39 is 23.5 Å². The van der Waals surface area contributed by atoms with Gasteiger partial charge in [-0.1, -0.05) is 6.07 Å². The highest BCUT2D eigenvalue weighted by Crippen LogP contribution is 2.41. The number of fused-ring (bicyclic) bond motifs is 1. The Labute approximate surface area is 140 Å². The van der Waals surface area contributed by atoms with E-state index in [9.17, 15) is 17.6 Å². The minimum Gasteiger partial charge on any atom is -0.495 e. The first-order valence-electron chi connectivity index (χ1n) is 7.25. The molecule has 0 bridgehead atoms. The molecule has 0 amide bonds. The number of pyridine rings is 1. The summed E-state index contributed by atoms with van der Waals surface area (Å²) in [7, 11) is 1.47. The van der Waals surface area contributed by atoms with Crippen LogP contribution in [0.4, 0.5) is 17.6 Å². The van der Waals surface area contributed by atoms with Crippen LogP contribution in [0.15, 0.2) is 30.5 Å². The largest absolute Gasteiger partial charge is 0.573 e. The summed E-state index contributed by atoms with van der Waals surface area (Å²) in [5, 5.41) is 0. The van der Waals surface area contributed by atoms with Crippen LogP contribution in [0.3, 0.4) is 0 Å². The average molecular weight is 358 g/mol. The zero-order valence-electron chi connectivity index (χ0n) is 13.1. The van der Waals surface area contributed by atoms with Crippen molar-refractivity contribution >= 4 is 0 Å². The van der Waals surface area contributed by atoms with E-state index in [2.05, 4.69) is 9.72 Å². The Morgan fingerprint density at radius 3 is 2.68 bits per heavy atom. The molecule has 1 unspecified atom stereocenters. The van der Waals surface area contributed by atoms with E-state index in [1.54, 1.807) is 6.07 Å². The molecule has 25 heavy (non-hydrogen) atoms. The summed E-state index contributed by atoms with van der Waals surface area (Å²) in [6, 6.07) is 4.69. The maximum atomic E-state index is 14.0. The molecular formula is C16H14F4N2O3. The molecule has 1 aliphatic heterocycles. The van der Waals surface area contributed by atoms with Gasteiger partial charge in [0.25, 0.3) is 0 Å². The third-order valence-corrected chi connectivity index (χ3v) is 3.91. The van der Waals surface area contributed by atoms with Gasteiger partial charge < -0.3 is 19.9 Å². The number of halogens is 4. The zero-order valence-corrected chi connectivity index (χ0v) is 13.1. The SMILES string of the molecule is COc1cnc2c(c1)OCCC2(N)c1ccc(OC(F)(F)F)c(F)c1. The predicted molar refractivity (Wildman–Crippen MR) is 79.0 cm³/mol. The summed E-state index contributed by atoms with van der Waals surface area (Å²) in [6.07, 6.45) is -3.27. The van der Waals surface area contributed by atoms with Gasteiger partial charge in [-0.3, -0.25) is 4.98 Å². The molecule has 134 valence electrons. The van der Waals surface area contributed by atoms with E-state index in [1.165, 1.54) is 19.4 Å². The first-order valence-corrected chi connectivity index (χ1v) is 7.25. The van der Waals surface area contributed by atoms with E-state index in [1.807, 2.05) is 0 Å². The fourth-order valence-corrected chi connectivity index (χ4v) is 2.69. The van der Waals surface area contributed by atoms with Crippen LogP contribution in [-0.2, 0) is 5.54 Å². The van der Waals surface area contributed by atoms with Crippen molar-refractivity contribution < 1.29 is 31.8 Å². The zero-order chi connectivity index (χ0) is 18.2. The third-order valence-electron chi connectivity index (χ3n) is 3.91. The second-order valence-electron chi connectivity index (χ2n) is 5.48. The van der Waals surface area contributed by atoms with Crippen molar-refractivity contribution in [1.29, 1.82) is 0 Å². The number of nitrogens with zero attached hydrogens (tertiary/aromatic N) is 1. The van der Waals surface area contributed by atoms with Gasteiger partial charge in [-0.25, -0.2) is 4.39 Å². The molecule has 2 N–H and O–H groups in total. The number of aromatic nitrogens is 1. The van der Waals surface area contributed by atoms with Gasteiger partial charge in [0.15, 0.2) is 11.6 Å². The van der Waals surface area contributed by atoms with Crippen molar-refractivity contribution in [2.24, 2.45) is 5.73 Å². The molecule has 2 heterocycles. The van der Waals surface area contributed by atoms with Crippen molar-refractivity contribution in [3.05, 3.63) is 47.5 Å². The van der Waals surface area contributed by atoms with E-state index in [4.69, 9.17) is 15.2 Å². The van der Waals surface area contributed by atoms with Crippen LogP contribution in [0.5, 0.6) is 17.2 Å². The van der Waals surface area contributed by atoms with Crippen LogP contribution < -0.4 is 19.9 Å². The summed E-state index contributed by atoms with van der Waals surface area (Å²) >= 11 is 0. The highest BCUT2D eigenvalue weighted by atomic mass is 19.4. The topological polar surface area (TPSA) is 66.6 Å². The number of ether oxygens (including phenoxy) is 3. The van der Waals surface area contributed by atoms with Crippen LogP contribution in [0.1, 0.15) is 17.7 Å². The molecule has 0 spiro atoms. The second kappa shape index (κ2) is 6.07. The van der Waals surface area contributed by atoms with Gasteiger partial charge in [-0.2, -0.15) is 0 Å². The number of hydrogen-bond donors (Lipinski definition) is 1. The van der Waals surface area contributed by atoms with Gasteiger partial charge in [0.1, 0.15) is 17.2 Å². The molecule has 0 saturated carbocycles. The second-order valence-corrected chi connectivity index (χ2v) is 5.48. The van der Waals surface area contributed by atoms with Crippen molar-refractivity contribution in [3.63, 3.8) is 0 Å². The van der Waals surface area contributed by atoms with Crippen LogP contribution in [0.25, 0.3) is 0 Å². The van der Waals surface area contributed by atoms with E-state index in [-0.39, 0.29) is 18.6 Å². The predicted octanol–water partition coefficient (Wildman–Crippen LogP) is 3.11. The van der Waals surface area contributed by atoms with E-state index in [0.29, 0.717) is 17.2 Å². The molecule has 1 aromatic carbocycles. The van der Waals surface area contributed by atoms with Crippen LogP contribution in [0, 0.1) is 5.82 Å². The molecule has 0 radical (unpaired) electrons. The fraction of sp³-hybridized carbons (Fsp3) is 0.312. The first kappa shape index (κ1) is 17.3. The molecule has 5 nitrogen and oxygen atoms in total. The number of nitrogens with two attached hydrogens (primary N) is 1. The lowest BCUT2D eigenvalue weighted by Gasteiger charge is -2.35. The van der Waals surface area contributed by atoms with Crippen LogP contribution in [0.2, 0.25) is 0 Å². The third kappa shape index (κ3) is 3.32. The summed E-state index contributed by atoms with van der Waals surface area (Å²) in [5.41, 5.74) is 5.82. The quantitative estimate of drug-likeness (QED) is 0.854. The smallest absolute Gasteiger partial charge is 0.495 e. The summed E-state index contributed by atoms with van der Waals surface area (Å²) in [6.45, 7) is 0.237. The highest BCUT2D eigenvalue weighted by Gasteiger charge is 2.39. The lowest BCUT2D eigenvalue weighted by molar-refractivity contribution is -0.275. The van der Waals surface area contributed by atoms with E-state index in [0.717, 1.165) is 12.1 Å².